The van der Waals surface area contributed by atoms with Crippen LogP contribution in [0, 0.1) is 35.9 Å². The number of halogens is 7. The van der Waals surface area contributed by atoms with Crippen molar-refractivity contribution in [1.82, 2.24) is 5.32 Å². The number of amides is 2. The minimum Gasteiger partial charge on any atom is -0.344 e. The number of terminal acetylenes is 1. The Bertz CT molecular complexity index is 975. The lowest BCUT2D eigenvalue weighted by atomic mass is 9.83. The third-order valence-corrected chi connectivity index (χ3v) is 5.55. The number of hydrogen-bond donors (Lipinski definition) is 2. The summed E-state index contributed by atoms with van der Waals surface area (Å²) >= 11 is 0. The van der Waals surface area contributed by atoms with Crippen LogP contribution in [0.5, 0.6) is 0 Å². The molecule has 166 valence electrons. The van der Waals surface area contributed by atoms with E-state index in [1.54, 1.807) is 0 Å². The molecule has 11 heteroatoms. The summed E-state index contributed by atoms with van der Waals surface area (Å²) in [7, 11) is 0. The van der Waals surface area contributed by atoms with Crippen LogP contribution in [0.3, 0.4) is 0 Å². The molecule has 3 rings (SSSR count). The van der Waals surface area contributed by atoms with Crippen molar-refractivity contribution >= 4 is 17.5 Å². The third-order valence-electron chi connectivity index (χ3n) is 5.55. The molecule has 2 N–H and O–H groups in total. The van der Waals surface area contributed by atoms with Crippen molar-refractivity contribution in [3.8, 4) is 12.3 Å². The van der Waals surface area contributed by atoms with Crippen LogP contribution in [0.1, 0.15) is 18.4 Å². The van der Waals surface area contributed by atoms with Crippen LogP contribution in [0.2, 0.25) is 0 Å². The lowest BCUT2D eigenvalue weighted by Gasteiger charge is -2.30. The second-order valence-corrected chi connectivity index (χ2v) is 7.31. The van der Waals surface area contributed by atoms with Crippen LogP contribution < -0.4 is 10.6 Å². The monoisotopic (exact) mass is 448 g/mol. The molecule has 1 aromatic carbocycles. The number of benzene rings is 1. The molecule has 1 aromatic rings. The SMILES string of the molecule is C#C/C=C1\C2CCC1[C@H](C(=O)Nc1ccc(F)c(C(F)(F)F)c1)[C@@H]2NC(=O)C(F)(F)F. The maximum Gasteiger partial charge on any atom is 0.471 e. The van der Waals surface area contributed by atoms with Crippen LogP contribution >= 0.6 is 0 Å². The highest BCUT2D eigenvalue weighted by Crippen LogP contribution is 2.53. The Balaban J connectivity index is 1.90. The number of alkyl halides is 6. The molecule has 31 heavy (non-hydrogen) atoms. The Kier molecular flexibility index (Phi) is 5.78. The molecule has 2 bridgehead atoms. The maximum absolute atomic E-state index is 13.5. The van der Waals surface area contributed by atoms with E-state index in [1.165, 1.54) is 6.08 Å². The highest BCUT2D eigenvalue weighted by molar-refractivity contribution is 5.95. The van der Waals surface area contributed by atoms with Gasteiger partial charge in [-0.15, -0.1) is 6.42 Å². The first kappa shape index (κ1) is 22.7. The largest absolute Gasteiger partial charge is 0.471 e. The molecule has 0 heterocycles. The lowest BCUT2D eigenvalue weighted by molar-refractivity contribution is -0.175. The van der Waals surface area contributed by atoms with Crippen LogP contribution in [-0.4, -0.2) is 24.0 Å². The molecular formula is C20H15F7N2O2. The summed E-state index contributed by atoms with van der Waals surface area (Å²) in [5.41, 5.74) is -1.46. The van der Waals surface area contributed by atoms with Crippen LogP contribution in [-0.2, 0) is 15.8 Å². The Morgan fingerprint density at radius 3 is 2.32 bits per heavy atom. The molecule has 0 spiro atoms. The van der Waals surface area contributed by atoms with Gasteiger partial charge in [0.25, 0.3) is 0 Å². The van der Waals surface area contributed by atoms with Gasteiger partial charge in [0.2, 0.25) is 5.91 Å². The van der Waals surface area contributed by atoms with Crippen LogP contribution in [0.15, 0.2) is 29.8 Å². The van der Waals surface area contributed by atoms with Crippen molar-refractivity contribution in [3.63, 3.8) is 0 Å². The number of carbonyl (C=O) groups is 2. The molecule has 2 saturated carbocycles. The number of rotatable bonds is 3. The molecule has 4 atom stereocenters. The van der Waals surface area contributed by atoms with E-state index in [1.807, 2.05) is 5.32 Å². The van der Waals surface area contributed by atoms with Gasteiger partial charge < -0.3 is 10.6 Å². The molecule has 2 amide bonds. The van der Waals surface area contributed by atoms with Gasteiger partial charge in [0.15, 0.2) is 0 Å². The summed E-state index contributed by atoms with van der Waals surface area (Å²) in [5, 5.41) is 4.02. The summed E-state index contributed by atoms with van der Waals surface area (Å²) in [4.78, 5) is 24.3. The van der Waals surface area contributed by atoms with Crippen molar-refractivity contribution in [1.29, 1.82) is 0 Å². The Labute approximate surface area is 171 Å². The van der Waals surface area contributed by atoms with Crippen molar-refractivity contribution in [2.24, 2.45) is 17.8 Å². The minimum absolute atomic E-state index is 0.384. The molecule has 0 aliphatic heterocycles. The Morgan fingerprint density at radius 2 is 1.74 bits per heavy atom. The fourth-order valence-electron chi connectivity index (χ4n) is 4.37. The first-order valence-corrected chi connectivity index (χ1v) is 9.06. The van der Waals surface area contributed by atoms with E-state index >= 15 is 0 Å². The zero-order valence-electron chi connectivity index (χ0n) is 15.6. The van der Waals surface area contributed by atoms with Crippen molar-refractivity contribution < 1.29 is 40.3 Å². The highest BCUT2D eigenvalue weighted by Gasteiger charge is 2.56. The van der Waals surface area contributed by atoms with Crippen molar-refractivity contribution in [3.05, 3.63) is 41.2 Å². The van der Waals surface area contributed by atoms with Gasteiger partial charge in [0.05, 0.1) is 11.5 Å². The zero-order valence-corrected chi connectivity index (χ0v) is 15.6. The van der Waals surface area contributed by atoms with E-state index in [2.05, 4.69) is 11.2 Å². The predicted octanol–water partition coefficient (Wildman–Crippen LogP) is 4.05. The molecule has 2 aliphatic carbocycles. The zero-order chi connectivity index (χ0) is 23.1. The number of fused-ring (bicyclic) bond motifs is 2. The average Bonchev–Trinajstić information content (AvgIpc) is 3.17. The predicted molar refractivity (Wildman–Crippen MR) is 94.6 cm³/mol. The Hall–Kier alpha value is -3.03. The molecule has 0 saturated heterocycles. The van der Waals surface area contributed by atoms with Gasteiger partial charge >= 0.3 is 18.3 Å². The lowest BCUT2D eigenvalue weighted by Crippen LogP contribution is -2.51. The van der Waals surface area contributed by atoms with Gasteiger partial charge in [-0.1, -0.05) is 11.5 Å². The molecule has 0 radical (unpaired) electrons. The molecule has 2 unspecified atom stereocenters. The molecule has 4 nitrogen and oxygen atoms in total. The van der Waals surface area contributed by atoms with E-state index in [-0.39, 0.29) is 5.69 Å². The van der Waals surface area contributed by atoms with E-state index in [4.69, 9.17) is 6.42 Å². The standard InChI is InChI=1S/C20H15F7N2O2/c1-2-3-10-11-5-6-12(10)16(29-18(31)20(25,26)27)15(11)17(30)28-9-4-7-14(21)13(8-9)19(22,23)24/h1,3-4,7-8,11-12,15-16H,5-6H2,(H,28,30)(H,29,31)/b10-3-/t11?,12?,15-,16+/m0/s1. The fourth-order valence-corrected chi connectivity index (χ4v) is 4.37. The van der Waals surface area contributed by atoms with Gasteiger partial charge in [-0.3, -0.25) is 9.59 Å². The second-order valence-electron chi connectivity index (χ2n) is 7.31. The number of hydrogen-bond acceptors (Lipinski definition) is 2. The normalized spacial score (nSPS) is 26.6. The molecular weight excluding hydrogens is 433 g/mol. The molecule has 2 fully saturated rings. The first-order chi connectivity index (χ1) is 14.3. The first-order valence-electron chi connectivity index (χ1n) is 9.06. The number of anilines is 1. The molecule has 2 aliphatic rings. The van der Waals surface area contributed by atoms with E-state index in [9.17, 15) is 40.3 Å². The van der Waals surface area contributed by atoms with Gasteiger partial charge in [0, 0.05) is 17.6 Å². The van der Waals surface area contributed by atoms with E-state index < -0.39 is 59.3 Å². The van der Waals surface area contributed by atoms with Crippen LogP contribution in [0.25, 0.3) is 0 Å². The number of allylic oxidation sites excluding steroid dienone is 1. The fraction of sp³-hybridized carbons (Fsp3) is 0.400. The van der Waals surface area contributed by atoms with Gasteiger partial charge in [-0.05, 0) is 43.0 Å². The third kappa shape index (κ3) is 4.38. The summed E-state index contributed by atoms with van der Waals surface area (Å²) in [6, 6.07) is 0.570. The molecule has 0 aromatic heterocycles. The smallest absolute Gasteiger partial charge is 0.344 e. The average molecular weight is 448 g/mol. The quantitative estimate of drug-likeness (QED) is 0.542. The number of nitrogens with one attached hydrogen (secondary N) is 2. The number of carbonyl (C=O) groups excluding carboxylic acids is 2. The van der Waals surface area contributed by atoms with Crippen molar-refractivity contribution in [2.45, 2.75) is 31.2 Å². The van der Waals surface area contributed by atoms with Gasteiger partial charge in [-0.25, -0.2) is 4.39 Å². The van der Waals surface area contributed by atoms with E-state index in [0.717, 1.165) is 6.07 Å². The summed E-state index contributed by atoms with van der Waals surface area (Å²) in [6.45, 7) is 0. The summed E-state index contributed by atoms with van der Waals surface area (Å²) < 4.78 is 90.5. The summed E-state index contributed by atoms with van der Waals surface area (Å²) in [5.74, 6) is -4.80. The van der Waals surface area contributed by atoms with Crippen LogP contribution in [0.4, 0.5) is 36.4 Å². The topological polar surface area (TPSA) is 58.2 Å². The van der Waals surface area contributed by atoms with E-state index in [0.29, 0.717) is 30.5 Å². The van der Waals surface area contributed by atoms with Gasteiger partial charge in [0.1, 0.15) is 5.82 Å². The highest BCUT2D eigenvalue weighted by atomic mass is 19.4. The maximum atomic E-state index is 13.5. The minimum atomic E-state index is -5.18. The van der Waals surface area contributed by atoms with Gasteiger partial charge in [-0.2, -0.15) is 26.3 Å². The van der Waals surface area contributed by atoms with Crippen molar-refractivity contribution in [2.75, 3.05) is 5.32 Å². The summed E-state index contributed by atoms with van der Waals surface area (Å²) in [6.07, 6.45) is -2.80. The Morgan fingerprint density at radius 1 is 1.10 bits per heavy atom. The second kappa shape index (κ2) is 7.90.